The molecule has 0 aromatic heterocycles. The minimum absolute atomic E-state index is 0.222. The average Bonchev–Trinajstić information content (AvgIpc) is 3.19. The van der Waals surface area contributed by atoms with Crippen LogP contribution in [0.15, 0.2) is 0 Å². The quantitative estimate of drug-likeness (QED) is 0.751. The van der Waals surface area contributed by atoms with Crippen LogP contribution in [-0.2, 0) is 4.79 Å². The van der Waals surface area contributed by atoms with Crippen LogP contribution in [-0.4, -0.2) is 40.6 Å². The van der Waals surface area contributed by atoms with E-state index in [1.54, 1.807) is 6.92 Å². The number of hydrogen-bond donors (Lipinski definition) is 2. The monoisotopic (exact) mass is 268 g/mol. The van der Waals surface area contributed by atoms with Crippen molar-refractivity contribution < 1.29 is 14.7 Å². The summed E-state index contributed by atoms with van der Waals surface area (Å²) in [6.45, 7) is 2.84. The van der Waals surface area contributed by atoms with E-state index in [1.807, 2.05) is 0 Å². The number of carbonyl (C=O) groups excluding carboxylic acids is 1. The lowest BCUT2D eigenvalue weighted by molar-refractivity contribution is -0.150. The lowest BCUT2D eigenvalue weighted by Gasteiger charge is -2.41. The second-order valence-corrected chi connectivity index (χ2v) is 6.01. The third kappa shape index (κ3) is 3.39. The lowest BCUT2D eigenvalue weighted by atomic mass is 9.89. The molecule has 0 spiro atoms. The van der Waals surface area contributed by atoms with Gasteiger partial charge in [0.25, 0.3) is 0 Å². The van der Waals surface area contributed by atoms with Crippen molar-refractivity contribution >= 4 is 12.0 Å². The molecule has 0 bridgehead atoms. The standard InChI is InChI=1S/C14H24N2O3/c1-14(12(17)18)8-2-3-10-16(14)13(19)15-9-4-5-11-6-7-11/h11H,2-10H2,1H3,(H,15,19)(H,17,18). The summed E-state index contributed by atoms with van der Waals surface area (Å²) in [6, 6.07) is -0.222. The van der Waals surface area contributed by atoms with Crippen molar-refractivity contribution in [2.75, 3.05) is 13.1 Å². The van der Waals surface area contributed by atoms with Crippen molar-refractivity contribution in [1.29, 1.82) is 0 Å². The molecule has 5 nitrogen and oxygen atoms in total. The smallest absolute Gasteiger partial charge is 0.329 e. The number of likely N-dealkylation sites (tertiary alicyclic amines) is 1. The van der Waals surface area contributed by atoms with Crippen LogP contribution in [0.2, 0.25) is 0 Å². The van der Waals surface area contributed by atoms with Crippen molar-refractivity contribution in [2.45, 2.75) is 57.4 Å². The number of amides is 2. The van der Waals surface area contributed by atoms with E-state index in [-0.39, 0.29) is 6.03 Å². The summed E-state index contributed by atoms with van der Waals surface area (Å²) in [6.07, 6.45) is 7.13. The summed E-state index contributed by atoms with van der Waals surface area (Å²) >= 11 is 0. The van der Waals surface area contributed by atoms with Crippen LogP contribution in [0, 0.1) is 5.92 Å². The summed E-state index contributed by atoms with van der Waals surface area (Å²) in [7, 11) is 0. The van der Waals surface area contributed by atoms with Crippen molar-refractivity contribution in [3.05, 3.63) is 0 Å². The van der Waals surface area contributed by atoms with E-state index < -0.39 is 11.5 Å². The van der Waals surface area contributed by atoms with Gasteiger partial charge in [-0.2, -0.15) is 0 Å². The largest absolute Gasteiger partial charge is 0.480 e. The Morgan fingerprint density at radius 1 is 1.37 bits per heavy atom. The zero-order valence-electron chi connectivity index (χ0n) is 11.7. The van der Waals surface area contributed by atoms with Crippen LogP contribution in [0.1, 0.15) is 51.9 Å². The maximum Gasteiger partial charge on any atom is 0.329 e. The SMILES string of the molecule is CC1(C(=O)O)CCCCN1C(=O)NCCCC1CC1. The Balaban J connectivity index is 1.82. The van der Waals surface area contributed by atoms with Crippen LogP contribution in [0.4, 0.5) is 4.79 Å². The fourth-order valence-corrected chi connectivity index (χ4v) is 2.76. The van der Waals surface area contributed by atoms with Gasteiger partial charge in [0.1, 0.15) is 5.54 Å². The molecule has 2 amide bonds. The van der Waals surface area contributed by atoms with Gasteiger partial charge in [-0.15, -0.1) is 0 Å². The third-order valence-electron chi connectivity index (χ3n) is 4.36. The third-order valence-corrected chi connectivity index (χ3v) is 4.36. The molecule has 2 N–H and O–H groups in total. The van der Waals surface area contributed by atoms with Gasteiger partial charge in [-0.05, 0) is 44.9 Å². The minimum atomic E-state index is -1.04. The molecule has 2 aliphatic rings. The predicted octanol–water partition coefficient (Wildman–Crippen LogP) is 2.22. The lowest BCUT2D eigenvalue weighted by Crippen LogP contribution is -2.60. The summed E-state index contributed by atoms with van der Waals surface area (Å²) in [5, 5.41) is 12.2. The first kappa shape index (κ1) is 14.2. The minimum Gasteiger partial charge on any atom is -0.480 e. The molecule has 1 unspecified atom stereocenters. The number of carboxylic acids is 1. The van der Waals surface area contributed by atoms with Crippen LogP contribution < -0.4 is 5.32 Å². The van der Waals surface area contributed by atoms with E-state index in [2.05, 4.69) is 5.32 Å². The average molecular weight is 268 g/mol. The molecular formula is C14H24N2O3. The number of hydrogen-bond acceptors (Lipinski definition) is 2. The molecule has 19 heavy (non-hydrogen) atoms. The Morgan fingerprint density at radius 2 is 2.11 bits per heavy atom. The molecule has 0 radical (unpaired) electrons. The fraction of sp³-hybridized carbons (Fsp3) is 0.857. The molecule has 1 aliphatic heterocycles. The number of piperidine rings is 1. The molecule has 2 rings (SSSR count). The Hall–Kier alpha value is -1.26. The Bertz CT molecular complexity index is 355. The van der Waals surface area contributed by atoms with Crippen molar-refractivity contribution in [3.63, 3.8) is 0 Å². The van der Waals surface area contributed by atoms with Crippen LogP contribution in [0.3, 0.4) is 0 Å². The van der Waals surface area contributed by atoms with Crippen molar-refractivity contribution in [2.24, 2.45) is 5.92 Å². The van der Waals surface area contributed by atoms with Gasteiger partial charge in [0.15, 0.2) is 0 Å². The molecule has 108 valence electrons. The van der Waals surface area contributed by atoms with Crippen LogP contribution in [0.25, 0.3) is 0 Å². The fourth-order valence-electron chi connectivity index (χ4n) is 2.76. The van der Waals surface area contributed by atoms with Crippen LogP contribution >= 0.6 is 0 Å². The maximum absolute atomic E-state index is 12.1. The first-order valence-corrected chi connectivity index (χ1v) is 7.33. The first-order valence-electron chi connectivity index (χ1n) is 7.33. The number of nitrogens with zero attached hydrogens (tertiary/aromatic N) is 1. The summed E-state index contributed by atoms with van der Waals surface area (Å²) in [5.74, 6) is -0.0310. The predicted molar refractivity (Wildman–Crippen MR) is 72.0 cm³/mol. The van der Waals surface area contributed by atoms with Gasteiger partial charge in [0.2, 0.25) is 0 Å². The maximum atomic E-state index is 12.1. The zero-order chi connectivity index (χ0) is 13.9. The second kappa shape index (κ2) is 5.80. The molecule has 1 heterocycles. The number of carbonyl (C=O) groups is 2. The Labute approximate surface area is 114 Å². The van der Waals surface area contributed by atoms with E-state index in [0.717, 1.165) is 25.2 Å². The highest BCUT2D eigenvalue weighted by Crippen LogP contribution is 2.33. The molecule has 1 saturated heterocycles. The number of aliphatic carboxylic acids is 1. The van der Waals surface area contributed by atoms with E-state index >= 15 is 0 Å². The van der Waals surface area contributed by atoms with E-state index in [0.29, 0.717) is 19.5 Å². The molecule has 0 aromatic carbocycles. The highest BCUT2D eigenvalue weighted by atomic mass is 16.4. The molecule has 2 fully saturated rings. The van der Waals surface area contributed by atoms with Gasteiger partial charge in [-0.25, -0.2) is 9.59 Å². The van der Waals surface area contributed by atoms with E-state index in [9.17, 15) is 14.7 Å². The van der Waals surface area contributed by atoms with Crippen LogP contribution in [0.5, 0.6) is 0 Å². The molecule has 1 atom stereocenters. The summed E-state index contributed by atoms with van der Waals surface area (Å²) in [5.41, 5.74) is -1.04. The van der Waals surface area contributed by atoms with Gasteiger partial charge in [0.05, 0.1) is 0 Å². The van der Waals surface area contributed by atoms with Crippen molar-refractivity contribution in [3.8, 4) is 0 Å². The van der Waals surface area contributed by atoms with Gasteiger partial charge in [-0.3, -0.25) is 0 Å². The number of carboxylic acid groups (broad SMARTS) is 1. The second-order valence-electron chi connectivity index (χ2n) is 6.01. The zero-order valence-corrected chi connectivity index (χ0v) is 11.7. The Kier molecular flexibility index (Phi) is 4.32. The van der Waals surface area contributed by atoms with Gasteiger partial charge >= 0.3 is 12.0 Å². The normalized spacial score (nSPS) is 27.1. The van der Waals surface area contributed by atoms with Gasteiger partial charge in [0, 0.05) is 13.1 Å². The number of rotatable bonds is 5. The molecule has 0 aromatic rings. The number of nitrogens with one attached hydrogen (secondary N) is 1. The first-order chi connectivity index (χ1) is 9.04. The van der Waals surface area contributed by atoms with Crippen molar-refractivity contribution in [1.82, 2.24) is 10.2 Å². The number of urea groups is 1. The topological polar surface area (TPSA) is 69.6 Å². The highest BCUT2D eigenvalue weighted by Gasteiger charge is 2.43. The Morgan fingerprint density at radius 3 is 2.74 bits per heavy atom. The molecular weight excluding hydrogens is 244 g/mol. The molecule has 1 aliphatic carbocycles. The molecule has 5 heteroatoms. The van der Waals surface area contributed by atoms with E-state index in [4.69, 9.17) is 0 Å². The summed E-state index contributed by atoms with van der Waals surface area (Å²) in [4.78, 5) is 25.0. The van der Waals surface area contributed by atoms with Gasteiger partial charge in [-0.1, -0.05) is 12.8 Å². The molecule has 1 saturated carbocycles. The highest BCUT2D eigenvalue weighted by molar-refractivity contribution is 5.86. The van der Waals surface area contributed by atoms with E-state index in [1.165, 1.54) is 24.2 Å². The van der Waals surface area contributed by atoms with Gasteiger partial charge < -0.3 is 15.3 Å². The summed E-state index contributed by atoms with van der Waals surface area (Å²) < 4.78 is 0.